The normalized spacial score (nSPS) is 37.9. The van der Waals surface area contributed by atoms with E-state index in [0.29, 0.717) is 18.3 Å². The number of carboxylic acid groups (broad SMARTS) is 1. The van der Waals surface area contributed by atoms with Crippen molar-refractivity contribution in [2.45, 2.75) is 78.7 Å². The SMILES string of the molecule is CCC(=O)O.CCC(=O)OCC(=O)C1CCC2C3CCC4=CC(=O)C=CC4(C)C3C(O)CC12C. The van der Waals surface area contributed by atoms with Crippen molar-refractivity contribution in [1.82, 2.24) is 0 Å². The lowest BCUT2D eigenvalue weighted by Crippen LogP contribution is -2.56. The van der Waals surface area contributed by atoms with Crippen LogP contribution in [0.1, 0.15) is 72.6 Å². The van der Waals surface area contributed by atoms with Crippen LogP contribution < -0.4 is 0 Å². The molecule has 0 aliphatic heterocycles. The Morgan fingerprint density at radius 3 is 2.41 bits per heavy atom. The first-order valence-corrected chi connectivity index (χ1v) is 12.5. The van der Waals surface area contributed by atoms with E-state index in [1.807, 2.05) is 6.08 Å². The molecule has 7 atom stereocenters. The molecule has 4 rings (SSSR count). The molecule has 0 heterocycles. The third kappa shape index (κ3) is 4.77. The van der Waals surface area contributed by atoms with Crippen LogP contribution in [0, 0.1) is 34.5 Å². The van der Waals surface area contributed by atoms with Gasteiger partial charge in [-0.3, -0.25) is 19.2 Å². The van der Waals surface area contributed by atoms with Gasteiger partial charge in [0.2, 0.25) is 0 Å². The van der Waals surface area contributed by atoms with Crippen molar-refractivity contribution in [3.8, 4) is 0 Å². The number of carbonyl (C=O) groups excluding carboxylic acids is 3. The number of Topliss-reactive ketones (excluding diaryl/α,β-unsaturated/α-hetero) is 1. The van der Waals surface area contributed by atoms with Crippen molar-refractivity contribution in [2.75, 3.05) is 6.61 Å². The molecule has 4 aliphatic carbocycles. The third-order valence-corrected chi connectivity index (χ3v) is 8.85. The lowest BCUT2D eigenvalue weighted by atomic mass is 9.46. The lowest BCUT2D eigenvalue weighted by molar-refractivity contribution is -0.153. The predicted octanol–water partition coefficient (Wildman–Crippen LogP) is 3.88. The van der Waals surface area contributed by atoms with Gasteiger partial charge in [0.25, 0.3) is 0 Å². The van der Waals surface area contributed by atoms with Crippen molar-refractivity contribution in [2.24, 2.45) is 34.5 Å². The summed E-state index contributed by atoms with van der Waals surface area (Å²) in [6, 6.07) is 0. The maximum atomic E-state index is 12.9. The molecule has 4 aliphatic rings. The molecule has 0 radical (unpaired) electrons. The number of aliphatic hydroxyl groups is 1. The molecule has 0 spiro atoms. The van der Waals surface area contributed by atoms with Crippen LogP contribution in [0.5, 0.6) is 0 Å². The molecule has 0 saturated heterocycles. The molecule has 0 bridgehead atoms. The highest BCUT2D eigenvalue weighted by molar-refractivity contribution is 6.01. The monoisotopic (exact) mass is 474 g/mol. The standard InChI is InChI=1S/C24H32O5.C3H6O2/c1-4-21(28)29-13-20(27)18-8-7-17-16-6-5-14-11-15(25)9-10-23(14,2)22(16)19(26)12-24(17,18)3;1-2-3(4)5/h9-11,16-19,22,26H,4-8,12-13H2,1-3H3;2H2,1H3,(H,4,5). The molecule has 2 N–H and O–H groups in total. The van der Waals surface area contributed by atoms with E-state index in [0.717, 1.165) is 31.3 Å². The zero-order valence-electron chi connectivity index (χ0n) is 20.7. The summed E-state index contributed by atoms with van der Waals surface area (Å²) in [6.45, 7) is 7.48. The number of carbonyl (C=O) groups is 4. The van der Waals surface area contributed by atoms with E-state index < -0.39 is 12.1 Å². The number of allylic oxidation sites excluding steroid dienone is 4. The number of esters is 1. The number of hydrogen-bond acceptors (Lipinski definition) is 6. The summed E-state index contributed by atoms with van der Waals surface area (Å²) in [4.78, 5) is 45.6. The smallest absolute Gasteiger partial charge is 0.305 e. The zero-order valence-corrected chi connectivity index (χ0v) is 20.7. The maximum absolute atomic E-state index is 12.9. The average molecular weight is 475 g/mol. The second-order valence-electron chi connectivity index (χ2n) is 10.7. The van der Waals surface area contributed by atoms with E-state index in [2.05, 4.69) is 13.8 Å². The van der Waals surface area contributed by atoms with Crippen LogP contribution in [0.2, 0.25) is 0 Å². The Morgan fingerprint density at radius 1 is 1.12 bits per heavy atom. The molecule has 0 amide bonds. The van der Waals surface area contributed by atoms with Crippen molar-refractivity contribution < 1.29 is 34.1 Å². The van der Waals surface area contributed by atoms with Crippen molar-refractivity contribution in [1.29, 1.82) is 0 Å². The van der Waals surface area contributed by atoms with Crippen LogP contribution in [0.25, 0.3) is 0 Å². The molecule has 0 aromatic heterocycles. The van der Waals surface area contributed by atoms with Gasteiger partial charge in [-0.15, -0.1) is 0 Å². The highest BCUT2D eigenvalue weighted by Gasteiger charge is 2.62. The predicted molar refractivity (Wildman–Crippen MR) is 126 cm³/mol. The maximum Gasteiger partial charge on any atom is 0.305 e. The van der Waals surface area contributed by atoms with Crippen LogP contribution in [0.4, 0.5) is 0 Å². The first-order valence-electron chi connectivity index (χ1n) is 12.5. The fourth-order valence-corrected chi connectivity index (χ4v) is 7.21. The second-order valence-corrected chi connectivity index (χ2v) is 10.7. The molecule has 0 aromatic rings. The Labute approximate surface area is 201 Å². The molecular weight excluding hydrogens is 436 g/mol. The van der Waals surface area contributed by atoms with Gasteiger partial charge in [-0.05, 0) is 61.5 Å². The van der Waals surface area contributed by atoms with Gasteiger partial charge in [0.05, 0.1) is 6.10 Å². The lowest BCUT2D eigenvalue weighted by Gasteiger charge is -2.58. The topological polar surface area (TPSA) is 118 Å². The number of ketones is 2. The summed E-state index contributed by atoms with van der Waals surface area (Å²) in [6.07, 6.45) is 9.58. The van der Waals surface area contributed by atoms with Crippen LogP contribution in [-0.2, 0) is 23.9 Å². The van der Waals surface area contributed by atoms with Crippen molar-refractivity contribution in [3.63, 3.8) is 0 Å². The van der Waals surface area contributed by atoms with Gasteiger partial charge in [-0.2, -0.15) is 0 Å². The number of carboxylic acids is 1. The Bertz CT molecular complexity index is 903. The van der Waals surface area contributed by atoms with E-state index in [4.69, 9.17) is 9.84 Å². The van der Waals surface area contributed by atoms with E-state index in [9.17, 15) is 24.3 Å². The number of aliphatic carboxylic acids is 1. The zero-order chi connectivity index (χ0) is 25.3. The van der Waals surface area contributed by atoms with Crippen LogP contribution >= 0.6 is 0 Å². The van der Waals surface area contributed by atoms with Crippen LogP contribution in [0.3, 0.4) is 0 Å². The van der Waals surface area contributed by atoms with Gasteiger partial charge in [-0.1, -0.05) is 39.3 Å². The molecule has 34 heavy (non-hydrogen) atoms. The summed E-state index contributed by atoms with van der Waals surface area (Å²) >= 11 is 0. The van der Waals surface area contributed by atoms with Gasteiger partial charge in [0.1, 0.15) is 6.61 Å². The minimum Gasteiger partial charge on any atom is -0.481 e. The minimum absolute atomic E-state index is 0.00628. The van der Waals surface area contributed by atoms with E-state index in [-0.39, 0.29) is 59.7 Å². The Morgan fingerprint density at radius 2 is 1.79 bits per heavy atom. The summed E-state index contributed by atoms with van der Waals surface area (Å²) in [5.74, 6) is -0.439. The number of rotatable bonds is 5. The third-order valence-electron chi connectivity index (χ3n) is 8.85. The van der Waals surface area contributed by atoms with E-state index in [1.54, 1.807) is 26.0 Å². The van der Waals surface area contributed by atoms with Gasteiger partial charge >= 0.3 is 11.9 Å². The molecule has 3 fully saturated rings. The number of hydrogen-bond donors (Lipinski definition) is 2. The largest absolute Gasteiger partial charge is 0.481 e. The molecule has 7 unspecified atom stereocenters. The summed E-state index contributed by atoms with van der Waals surface area (Å²) in [7, 11) is 0. The summed E-state index contributed by atoms with van der Waals surface area (Å²) < 4.78 is 5.12. The minimum atomic E-state index is -0.745. The Kier molecular flexibility index (Phi) is 7.85. The quantitative estimate of drug-likeness (QED) is 0.581. The van der Waals surface area contributed by atoms with Crippen LogP contribution in [0.15, 0.2) is 23.8 Å². The van der Waals surface area contributed by atoms with Crippen molar-refractivity contribution in [3.05, 3.63) is 23.8 Å². The van der Waals surface area contributed by atoms with E-state index >= 15 is 0 Å². The highest BCUT2D eigenvalue weighted by atomic mass is 16.5. The van der Waals surface area contributed by atoms with Gasteiger partial charge < -0.3 is 14.9 Å². The fourth-order valence-electron chi connectivity index (χ4n) is 7.21. The molecule has 3 saturated carbocycles. The number of aliphatic hydroxyl groups excluding tert-OH is 1. The van der Waals surface area contributed by atoms with Gasteiger partial charge in [-0.25, -0.2) is 0 Å². The molecule has 188 valence electrons. The molecule has 7 nitrogen and oxygen atoms in total. The van der Waals surface area contributed by atoms with Gasteiger partial charge in [0.15, 0.2) is 11.6 Å². The first-order chi connectivity index (χ1) is 16.0. The van der Waals surface area contributed by atoms with E-state index in [1.165, 1.54) is 0 Å². The summed E-state index contributed by atoms with van der Waals surface area (Å²) in [5, 5.41) is 19.0. The number of fused-ring (bicyclic) bond motifs is 5. The Balaban J connectivity index is 0.000000588. The van der Waals surface area contributed by atoms with Gasteiger partial charge in [0, 0.05) is 30.1 Å². The molecular formula is C27H38O7. The highest BCUT2D eigenvalue weighted by Crippen LogP contribution is 2.66. The van der Waals surface area contributed by atoms with Crippen LogP contribution in [-0.4, -0.2) is 46.4 Å². The Hall–Kier alpha value is -2.28. The van der Waals surface area contributed by atoms with Crippen molar-refractivity contribution >= 4 is 23.5 Å². The average Bonchev–Trinajstić information content (AvgIpc) is 3.14. The fraction of sp³-hybridized carbons (Fsp3) is 0.704. The second kappa shape index (κ2) is 10.1. The first kappa shape index (κ1) is 26.3. The summed E-state index contributed by atoms with van der Waals surface area (Å²) in [5.41, 5.74) is 0.601. The number of ether oxygens (including phenoxy) is 1. The molecule has 0 aromatic carbocycles. The molecule has 7 heteroatoms.